The lowest BCUT2D eigenvalue weighted by Gasteiger charge is -2.10. The quantitative estimate of drug-likeness (QED) is 0.661. The van der Waals surface area contributed by atoms with Crippen LogP contribution < -0.4 is 10.0 Å². The SMILES string of the molecule is O=C(O)c1ccc(NCC2CCS(=O)(=O)N2)nn1. The van der Waals surface area contributed by atoms with E-state index in [0.717, 1.165) is 0 Å². The Morgan fingerprint density at radius 2 is 2.28 bits per heavy atom. The summed E-state index contributed by atoms with van der Waals surface area (Å²) in [7, 11) is -3.12. The minimum absolute atomic E-state index is 0.128. The Hall–Kier alpha value is -1.74. The van der Waals surface area contributed by atoms with Gasteiger partial charge in [0.25, 0.3) is 0 Å². The molecule has 1 atom stereocenters. The molecule has 1 saturated heterocycles. The highest BCUT2D eigenvalue weighted by atomic mass is 32.2. The molecule has 98 valence electrons. The van der Waals surface area contributed by atoms with E-state index in [2.05, 4.69) is 20.2 Å². The molecular weight excluding hydrogens is 260 g/mol. The predicted octanol–water partition coefficient (Wildman–Crippen LogP) is -0.722. The van der Waals surface area contributed by atoms with Crippen molar-refractivity contribution in [3.05, 3.63) is 17.8 Å². The minimum Gasteiger partial charge on any atom is -0.476 e. The molecular formula is C9H12N4O4S. The van der Waals surface area contributed by atoms with Gasteiger partial charge in [-0.3, -0.25) is 0 Å². The Kier molecular flexibility index (Phi) is 3.43. The van der Waals surface area contributed by atoms with Crippen LogP contribution in [0.2, 0.25) is 0 Å². The molecule has 1 aromatic rings. The number of carboxylic acid groups (broad SMARTS) is 1. The van der Waals surface area contributed by atoms with Gasteiger partial charge in [0.05, 0.1) is 5.75 Å². The van der Waals surface area contributed by atoms with Crippen molar-refractivity contribution in [1.82, 2.24) is 14.9 Å². The Labute approximate surface area is 103 Å². The highest BCUT2D eigenvalue weighted by molar-refractivity contribution is 7.89. The number of carboxylic acids is 1. The molecule has 0 aromatic carbocycles. The monoisotopic (exact) mass is 272 g/mol. The maximum absolute atomic E-state index is 11.1. The van der Waals surface area contributed by atoms with E-state index in [9.17, 15) is 13.2 Å². The lowest BCUT2D eigenvalue weighted by molar-refractivity contribution is 0.0689. The van der Waals surface area contributed by atoms with Gasteiger partial charge >= 0.3 is 5.97 Å². The third kappa shape index (κ3) is 3.14. The molecule has 2 heterocycles. The van der Waals surface area contributed by atoms with Gasteiger partial charge in [-0.1, -0.05) is 0 Å². The van der Waals surface area contributed by atoms with Gasteiger partial charge in [-0.05, 0) is 18.6 Å². The first kappa shape index (κ1) is 12.7. The van der Waals surface area contributed by atoms with E-state index >= 15 is 0 Å². The van der Waals surface area contributed by atoms with E-state index in [1.54, 1.807) is 0 Å². The maximum Gasteiger partial charge on any atom is 0.356 e. The summed E-state index contributed by atoms with van der Waals surface area (Å²) in [4.78, 5) is 10.6. The summed E-state index contributed by atoms with van der Waals surface area (Å²) in [5.74, 6) is -0.605. The summed E-state index contributed by atoms with van der Waals surface area (Å²) in [6.07, 6.45) is 0.538. The van der Waals surface area contributed by atoms with Crippen LogP contribution >= 0.6 is 0 Å². The third-order valence-electron chi connectivity index (χ3n) is 2.49. The molecule has 1 aliphatic rings. The first-order chi connectivity index (χ1) is 8.46. The molecule has 1 fully saturated rings. The summed E-state index contributed by atoms with van der Waals surface area (Å²) >= 11 is 0. The van der Waals surface area contributed by atoms with Crippen LogP contribution in [-0.4, -0.2) is 48.0 Å². The number of sulfonamides is 1. The Balaban J connectivity index is 1.89. The number of nitrogens with zero attached hydrogens (tertiary/aromatic N) is 2. The standard InChI is InChI=1S/C9H12N4O4S/c14-9(15)7-1-2-8(12-11-7)10-5-6-3-4-18(16,17)13-6/h1-2,6,13H,3-5H2,(H,10,12)(H,14,15). The third-order valence-corrected chi connectivity index (χ3v) is 3.96. The lowest BCUT2D eigenvalue weighted by Crippen LogP contribution is -2.32. The number of aromatic carboxylic acids is 1. The minimum atomic E-state index is -3.12. The molecule has 0 amide bonds. The molecule has 1 aliphatic heterocycles. The van der Waals surface area contributed by atoms with Gasteiger partial charge in [-0.25, -0.2) is 17.9 Å². The van der Waals surface area contributed by atoms with Gasteiger partial charge in [0, 0.05) is 12.6 Å². The molecule has 8 nitrogen and oxygen atoms in total. The number of aromatic nitrogens is 2. The van der Waals surface area contributed by atoms with Crippen LogP contribution in [0.4, 0.5) is 5.82 Å². The molecule has 0 bridgehead atoms. The van der Waals surface area contributed by atoms with Gasteiger partial charge in [-0.15, -0.1) is 10.2 Å². The molecule has 18 heavy (non-hydrogen) atoms. The van der Waals surface area contributed by atoms with Gasteiger partial charge in [0.2, 0.25) is 10.0 Å². The lowest BCUT2D eigenvalue weighted by atomic mass is 10.2. The average Bonchev–Trinajstić information content (AvgIpc) is 2.67. The summed E-state index contributed by atoms with van der Waals surface area (Å²) in [6, 6.07) is 2.65. The molecule has 2 rings (SSSR count). The molecule has 0 aliphatic carbocycles. The van der Waals surface area contributed by atoms with Gasteiger partial charge in [-0.2, -0.15) is 0 Å². The van der Waals surface area contributed by atoms with Crippen LogP contribution in [0.25, 0.3) is 0 Å². The topological polar surface area (TPSA) is 121 Å². The molecule has 9 heteroatoms. The molecule has 1 unspecified atom stereocenters. The fourth-order valence-corrected chi connectivity index (χ4v) is 3.00. The van der Waals surface area contributed by atoms with E-state index in [1.807, 2.05) is 0 Å². The summed E-state index contributed by atoms with van der Waals surface area (Å²) in [5.41, 5.74) is -0.137. The zero-order valence-corrected chi connectivity index (χ0v) is 10.1. The maximum atomic E-state index is 11.1. The molecule has 0 radical (unpaired) electrons. The first-order valence-corrected chi connectivity index (χ1v) is 6.92. The number of anilines is 1. The largest absolute Gasteiger partial charge is 0.476 e. The fourth-order valence-electron chi connectivity index (χ4n) is 1.58. The van der Waals surface area contributed by atoms with Crippen LogP contribution in [-0.2, 0) is 10.0 Å². The summed E-state index contributed by atoms with van der Waals surface area (Å²) in [6.45, 7) is 0.389. The van der Waals surface area contributed by atoms with E-state index in [1.165, 1.54) is 12.1 Å². The van der Waals surface area contributed by atoms with Crippen molar-refractivity contribution >= 4 is 21.8 Å². The van der Waals surface area contributed by atoms with Crippen molar-refractivity contribution < 1.29 is 18.3 Å². The second-order valence-corrected chi connectivity index (χ2v) is 5.79. The van der Waals surface area contributed by atoms with Crippen molar-refractivity contribution in [2.45, 2.75) is 12.5 Å². The van der Waals surface area contributed by atoms with Crippen LogP contribution in [0.15, 0.2) is 12.1 Å². The molecule has 1 aromatic heterocycles. The Bertz CT molecular complexity index is 542. The van der Waals surface area contributed by atoms with Crippen LogP contribution in [0.3, 0.4) is 0 Å². The van der Waals surface area contributed by atoms with Gasteiger partial charge in [0.1, 0.15) is 5.82 Å². The zero-order chi connectivity index (χ0) is 13.2. The van der Waals surface area contributed by atoms with E-state index in [-0.39, 0.29) is 17.5 Å². The fraction of sp³-hybridized carbons (Fsp3) is 0.444. The molecule has 0 spiro atoms. The van der Waals surface area contributed by atoms with E-state index in [0.29, 0.717) is 18.8 Å². The van der Waals surface area contributed by atoms with Gasteiger partial charge in [0.15, 0.2) is 5.69 Å². The normalized spacial score (nSPS) is 21.7. The number of rotatable bonds is 4. The molecule has 0 saturated carbocycles. The van der Waals surface area contributed by atoms with Crippen molar-refractivity contribution in [1.29, 1.82) is 0 Å². The van der Waals surface area contributed by atoms with E-state index in [4.69, 9.17) is 5.11 Å². The second kappa shape index (κ2) is 4.86. The number of hydrogen-bond donors (Lipinski definition) is 3. The van der Waals surface area contributed by atoms with Crippen molar-refractivity contribution in [2.75, 3.05) is 17.6 Å². The van der Waals surface area contributed by atoms with Crippen LogP contribution in [0.5, 0.6) is 0 Å². The Morgan fingerprint density at radius 1 is 1.50 bits per heavy atom. The van der Waals surface area contributed by atoms with E-state index < -0.39 is 16.0 Å². The number of hydrogen-bond acceptors (Lipinski definition) is 6. The smallest absolute Gasteiger partial charge is 0.356 e. The van der Waals surface area contributed by atoms with Crippen molar-refractivity contribution in [3.63, 3.8) is 0 Å². The summed E-state index contributed by atoms with van der Waals surface area (Å²) < 4.78 is 24.8. The van der Waals surface area contributed by atoms with Gasteiger partial charge < -0.3 is 10.4 Å². The van der Waals surface area contributed by atoms with Crippen LogP contribution in [0.1, 0.15) is 16.9 Å². The first-order valence-electron chi connectivity index (χ1n) is 5.27. The Morgan fingerprint density at radius 3 is 2.78 bits per heavy atom. The number of nitrogens with one attached hydrogen (secondary N) is 2. The van der Waals surface area contributed by atoms with Crippen molar-refractivity contribution in [3.8, 4) is 0 Å². The highest BCUT2D eigenvalue weighted by Crippen LogP contribution is 2.09. The second-order valence-electron chi connectivity index (χ2n) is 3.91. The zero-order valence-electron chi connectivity index (χ0n) is 9.33. The van der Waals surface area contributed by atoms with Crippen LogP contribution in [0, 0.1) is 0 Å². The van der Waals surface area contributed by atoms with Crippen molar-refractivity contribution in [2.24, 2.45) is 0 Å². The average molecular weight is 272 g/mol. The summed E-state index contributed by atoms with van der Waals surface area (Å²) in [5, 5.41) is 18.7. The predicted molar refractivity (Wildman–Crippen MR) is 62.8 cm³/mol. The highest BCUT2D eigenvalue weighted by Gasteiger charge is 2.26. The molecule has 3 N–H and O–H groups in total. The number of carbonyl (C=O) groups is 1.